The SMILES string of the molecule is COC(=O)c1ccc(CN2C(=O)C(C(C)C)NC23CCN(C(=O)CC(C)(C)C)CC3)cc1. The molecule has 3 rings (SSSR count). The van der Waals surface area contributed by atoms with Gasteiger partial charge in [0.2, 0.25) is 11.8 Å². The van der Waals surface area contributed by atoms with Crippen molar-refractivity contribution in [3.63, 3.8) is 0 Å². The predicted molar refractivity (Wildman–Crippen MR) is 123 cm³/mol. The van der Waals surface area contributed by atoms with Crippen molar-refractivity contribution in [2.45, 2.75) is 72.1 Å². The quantitative estimate of drug-likeness (QED) is 0.707. The van der Waals surface area contributed by atoms with Crippen LogP contribution in [-0.4, -0.2) is 59.5 Å². The normalized spacial score (nSPS) is 20.8. The van der Waals surface area contributed by atoms with Crippen LogP contribution >= 0.6 is 0 Å². The maximum Gasteiger partial charge on any atom is 0.337 e. The van der Waals surface area contributed by atoms with Crippen molar-refractivity contribution in [1.29, 1.82) is 0 Å². The van der Waals surface area contributed by atoms with Crippen molar-refractivity contribution in [1.82, 2.24) is 15.1 Å². The molecule has 2 saturated heterocycles. The van der Waals surface area contributed by atoms with Crippen molar-refractivity contribution in [2.24, 2.45) is 11.3 Å². The molecule has 1 atom stereocenters. The molecule has 176 valence electrons. The maximum atomic E-state index is 13.4. The minimum absolute atomic E-state index is 0.0427. The van der Waals surface area contributed by atoms with Crippen LogP contribution in [0.4, 0.5) is 0 Å². The summed E-state index contributed by atoms with van der Waals surface area (Å²) in [5, 5.41) is 3.64. The summed E-state index contributed by atoms with van der Waals surface area (Å²) in [6.45, 7) is 12.1. The molecular formula is C25H37N3O4. The van der Waals surface area contributed by atoms with Crippen LogP contribution in [0.3, 0.4) is 0 Å². The van der Waals surface area contributed by atoms with Crippen LogP contribution in [0.1, 0.15) is 69.8 Å². The fourth-order valence-electron chi connectivity index (χ4n) is 4.64. The van der Waals surface area contributed by atoms with Crippen LogP contribution in [-0.2, 0) is 20.9 Å². The molecule has 1 N–H and O–H groups in total. The second kappa shape index (κ2) is 9.22. The van der Waals surface area contributed by atoms with E-state index in [4.69, 9.17) is 4.74 Å². The topological polar surface area (TPSA) is 79.0 Å². The second-order valence-electron chi connectivity index (χ2n) is 10.6. The van der Waals surface area contributed by atoms with Crippen molar-refractivity contribution in [3.8, 4) is 0 Å². The molecule has 1 aromatic rings. The first-order chi connectivity index (χ1) is 15.0. The van der Waals surface area contributed by atoms with E-state index in [1.807, 2.05) is 21.9 Å². The average Bonchev–Trinajstić information content (AvgIpc) is 2.99. The highest BCUT2D eigenvalue weighted by Crippen LogP contribution is 2.36. The first-order valence-corrected chi connectivity index (χ1v) is 11.5. The zero-order valence-corrected chi connectivity index (χ0v) is 20.2. The highest BCUT2D eigenvalue weighted by atomic mass is 16.5. The Balaban J connectivity index is 1.77. The van der Waals surface area contributed by atoms with E-state index in [0.717, 1.165) is 5.56 Å². The lowest BCUT2D eigenvalue weighted by molar-refractivity contribution is -0.138. The number of rotatable bonds is 5. The number of carbonyl (C=O) groups is 3. The van der Waals surface area contributed by atoms with E-state index in [-0.39, 0.29) is 35.2 Å². The van der Waals surface area contributed by atoms with Crippen LogP contribution in [0, 0.1) is 11.3 Å². The molecule has 2 amide bonds. The van der Waals surface area contributed by atoms with E-state index >= 15 is 0 Å². The van der Waals surface area contributed by atoms with Gasteiger partial charge >= 0.3 is 5.97 Å². The molecule has 0 radical (unpaired) electrons. The van der Waals surface area contributed by atoms with Crippen LogP contribution < -0.4 is 5.32 Å². The Kier molecular flexibility index (Phi) is 6.98. The molecule has 0 saturated carbocycles. The van der Waals surface area contributed by atoms with Crippen molar-refractivity contribution in [3.05, 3.63) is 35.4 Å². The number of hydrogen-bond acceptors (Lipinski definition) is 5. The van der Waals surface area contributed by atoms with E-state index in [0.29, 0.717) is 44.5 Å². The molecule has 0 bridgehead atoms. The monoisotopic (exact) mass is 443 g/mol. The number of piperidine rings is 1. The van der Waals surface area contributed by atoms with E-state index in [1.54, 1.807) is 12.1 Å². The van der Waals surface area contributed by atoms with Gasteiger partial charge < -0.3 is 14.5 Å². The second-order valence-corrected chi connectivity index (χ2v) is 10.6. The molecule has 2 heterocycles. The fourth-order valence-corrected chi connectivity index (χ4v) is 4.64. The molecule has 7 nitrogen and oxygen atoms in total. The van der Waals surface area contributed by atoms with Gasteiger partial charge in [0, 0.05) is 38.9 Å². The first kappa shape index (κ1) is 24.2. The lowest BCUT2D eigenvalue weighted by atomic mass is 9.90. The lowest BCUT2D eigenvalue weighted by Gasteiger charge is -2.45. The summed E-state index contributed by atoms with van der Waals surface area (Å²) < 4.78 is 4.77. The van der Waals surface area contributed by atoms with Crippen LogP contribution in [0.5, 0.6) is 0 Å². The van der Waals surface area contributed by atoms with Gasteiger partial charge in [-0.2, -0.15) is 0 Å². The Bertz CT molecular complexity index is 849. The number of hydrogen-bond donors (Lipinski definition) is 1. The molecule has 0 aromatic heterocycles. The summed E-state index contributed by atoms with van der Waals surface area (Å²) in [5.74, 6) is 0.0827. The van der Waals surface area contributed by atoms with Crippen LogP contribution in [0.25, 0.3) is 0 Å². The molecule has 7 heteroatoms. The highest BCUT2D eigenvalue weighted by molar-refractivity contribution is 5.89. The van der Waals surface area contributed by atoms with Crippen LogP contribution in [0.2, 0.25) is 0 Å². The van der Waals surface area contributed by atoms with Crippen molar-refractivity contribution in [2.75, 3.05) is 20.2 Å². The molecule has 32 heavy (non-hydrogen) atoms. The standard InChI is InChI=1S/C25H37N3O4/c1-17(2)21-22(30)28(16-18-7-9-19(10-8-18)23(31)32-6)25(26-21)11-13-27(14-12-25)20(29)15-24(3,4)5/h7-10,17,21,26H,11-16H2,1-6H3. The van der Waals surface area contributed by atoms with Gasteiger partial charge in [-0.1, -0.05) is 46.8 Å². The van der Waals surface area contributed by atoms with Crippen molar-refractivity contribution < 1.29 is 19.1 Å². The Hall–Kier alpha value is -2.41. The smallest absolute Gasteiger partial charge is 0.337 e. The number of benzene rings is 1. The van der Waals surface area contributed by atoms with E-state index in [2.05, 4.69) is 39.9 Å². The summed E-state index contributed by atoms with van der Waals surface area (Å²) in [6, 6.07) is 6.97. The minimum atomic E-state index is -0.453. The summed E-state index contributed by atoms with van der Waals surface area (Å²) >= 11 is 0. The fraction of sp³-hybridized carbons (Fsp3) is 0.640. The lowest BCUT2D eigenvalue weighted by Crippen LogP contribution is -2.59. The maximum absolute atomic E-state index is 13.4. The van der Waals surface area contributed by atoms with Gasteiger partial charge in [0.15, 0.2) is 0 Å². The molecular weight excluding hydrogens is 406 g/mol. The Morgan fingerprint density at radius 1 is 1.16 bits per heavy atom. The zero-order chi connectivity index (χ0) is 23.7. The molecule has 1 unspecified atom stereocenters. The number of amides is 2. The number of nitrogens with one attached hydrogen (secondary N) is 1. The third kappa shape index (κ3) is 5.14. The van der Waals surface area contributed by atoms with E-state index < -0.39 is 5.66 Å². The Morgan fingerprint density at radius 3 is 2.25 bits per heavy atom. The Morgan fingerprint density at radius 2 is 1.75 bits per heavy atom. The average molecular weight is 444 g/mol. The van der Waals surface area contributed by atoms with Gasteiger partial charge in [-0.25, -0.2) is 4.79 Å². The number of methoxy groups -OCH3 is 1. The number of carbonyl (C=O) groups excluding carboxylic acids is 3. The van der Waals surface area contributed by atoms with Gasteiger partial charge in [0.05, 0.1) is 24.4 Å². The molecule has 1 spiro atoms. The first-order valence-electron chi connectivity index (χ1n) is 11.5. The third-order valence-corrected chi connectivity index (χ3v) is 6.48. The number of ether oxygens (including phenoxy) is 1. The molecule has 2 fully saturated rings. The van der Waals surface area contributed by atoms with Crippen LogP contribution in [0.15, 0.2) is 24.3 Å². The number of likely N-dealkylation sites (tertiary alicyclic amines) is 1. The van der Waals surface area contributed by atoms with Gasteiger partial charge in [-0.15, -0.1) is 0 Å². The van der Waals surface area contributed by atoms with Gasteiger partial charge in [-0.05, 0) is 29.0 Å². The predicted octanol–water partition coefficient (Wildman–Crippen LogP) is 3.18. The Labute approximate surface area is 191 Å². The molecule has 2 aliphatic rings. The largest absolute Gasteiger partial charge is 0.465 e. The summed E-state index contributed by atoms with van der Waals surface area (Å²) in [5.41, 5.74) is 0.954. The molecule has 1 aromatic carbocycles. The van der Waals surface area contributed by atoms with E-state index in [9.17, 15) is 14.4 Å². The highest BCUT2D eigenvalue weighted by Gasteiger charge is 2.52. The minimum Gasteiger partial charge on any atom is -0.465 e. The summed E-state index contributed by atoms with van der Waals surface area (Å²) in [7, 11) is 1.36. The van der Waals surface area contributed by atoms with E-state index in [1.165, 1.54) is 7.11 Å². The summed E-state index contributed by atoms with van der Waals surface area (Å²) in [6.07, 6.45) is 1.94. The van der Waals surface area contributed by atoms with Crippen molar-refractivity contribution >= 4 is 17.8 Å². The summed E-state index contributed by atoms with van der Waals surface area (Å²) in [4.78, 5) is 41.7. The zero-order valence-electron chi connectivity index (χ0n) is 20.2. The molecule has 2 aliphatic heterocycles. The molecule has 0 aliphatic carbocycles. The van der Waals surface area contributed by atoms with Gasteiger partial charge in [0.1, 0.15) is 0 Å². The third-order valence-electron chi connectivity index (χ3n) is 6.48. The van der Waals surface area contributed by atoms with Gasteiger partial charge in [0.25, 0.3) is 0 Å². The number of esters is 1. The van der Waals surface area contributed by atoms with Gasteiger partial charge in [-0.3, -0.25) is 14.9 Å². The number of nitrogens with zero attached hydrogens (tertiary/aromatic N) is 2.